The lowest BCUT2D eigenvalue weighted by Gasteiger charge is -1.98. The fraction of sp³-hybridized carbons (Fsp3) is 0. The van der Waals surface area contributed by atoms with Crippen molar-refractivity contribution in [3.63, 3.8) is 0 Å². The normalized spacial score (nSPS) is 10.9. The van der Waals surface area contributed by atoms with Crippen molar-refractivity contribution in [3.8, 4) is 11.3 Å². The SMILES string of the molecule is O=C(N/N=C/c1ccccc1Cl)c1cc(-c2ccccc2Cl)n[nH]1. The first kappa shape index (κ1) is 16.2. The monoisotopic (exact) mass is 358 g/mol. The maximum atomic E-state index is 12.1. The van der Waals surface area contributed by atoms with Crippen molar-refractivity contribution in [2.45, 2.75) is 0 Å². The van der Waals surface area contributed by atoms with E-state index in [1.165, 1.54) is 6.21 Å². The summed E-state index contributed by atoms with van der Waals surface area (Å²) in [5, 5.41) is 11.8. The molecule has 0 spiro atoms. The van der Waals surface area contributed by atoms with Gasteiger partial charge in [-0.1, -0.05) is 59.6 Å². The van der Waals surface area contributed by atoms with E-state index in [4.69, 9.17) is 23.2 Å². The molecule has 0 bridgehead atoms. The molecule has 3 rings (SSSR count). The van der Waals surface area contributed by atoms with Gasteiger partial charge in [0.25, 0.3) is 5.91 Å². The largest absolute Gasteiger partial charge is 0.289 e. The number of aromatic nitrogens is 2. The summed E-state index contributed by atoms with van der Waals surface area (Å²) in [7, 11) is 0. The van der Waals surface area contributed by atoms with Crippen LogP contribution in [0.4, 0.5) is 0 Å². The maximum absolute atomic E-state index is 12.1. The first-order valence-electron chi connectivity index (χ1n) is 7.03. The Labute approximate surface area is 148 Å². The van der Waals surface area contributed by atoms with E-state index in [9.17, 15) is 4.79 Å². The van der Waals surface area contributed by atoms with Crippen LogP contribution < -0.4 is 5.43 Å². The first-order valence-corrected chi connectivity index (χ1v) is 7.79. The fourth-order valence-electron chi connectivity index (χ4n) is 2.05. The lowest BCUT2D eigenvalue weighted by atomic mass is 10.1. The summed E-state index contributed by atoms with van der Waals surface area (Å²) in [5.74, 6) is -0.413. The average molecular weight is 359 g/mol. The standard InChI is InChI=1S/C17H12Cl2N4O/c18-13-7-3-1-5-11(13)10-20-23-17(24)16-9-15(21-22-16)12-6-2-4-8-14(12)19/h1-10H,(H,21,22)(H,23,24)/b20-10+. The Hall–Kier alpha value is -2.63. The molecule has 1 aromatic heterocycles. The van der Waals surface area contributed by atoms with Crippen LogP contribution in [-0.4, -0.2) is 22.3 Å². The fourth-order valence-corrected chi connectivity index (χ4v) is 2.46. The number of amides is 1. The van der Waals surface area contributed by atoms with E-state index in [2.05, 4.69) is 20.7 Å². The minimum atomic E-state index is -0.413. The second-order valence-corrected chi connectivity index (χ2v) is 5.68. The van der Waals surface area contributed by atoms with Crippen LogP contribution in [-0.2, 0) is 0 Å². The number of nitrogens with zero attached hydrogens (tertiary/aromatic N) is 2. The predicted octanol–water partition coefficient (Wildman–Crippen LogP) is 4.15. The number of carbonyl (C=O) groups is 1. The van der Waals surface area contributed by atoms with Crippen LogP contribution in [0.25, 0.3) is 11.3 Å². The van der Waals surface area contributed by atoms with Gasteiger partial charge in [-0.05, 0) is 18.2 Å². The second kappa shape index (κ2) is 7.29. The Balaban J connectivity index is 1.71. The van der Waals surface area contributed by atoms with Crippen molar-refractivity contribution in [1.82, 2.24) is 15.6 Å². The maximum Gasteiger partial charge on any atom is 0.289 e. The quantitative estimate of drug-likeness (QED) is 0.543. The van der Waals surface area contributed by atoms with E-state index in [1.54, 1.807) is 24.3 Å². The Morgan fingerprint density at radius 3 is 2.54 bits per heavy atom. The molecule has 7 heteroatoms. The van der Waals surface area contributed by atoms with Crippen molar-refractivity contribution in [1.29, 1.82) is 0 Å². The molecule has 3 aromatic rings. The highest BCUT2D eigenvalue weighted by atomic mass is 35.5. The van der Waals surface area contributed by atoms with Gasteiger partial charge in [-0.25, -0.2) is 5.43 Å². The van der Waals surface area contributed by atoms with Gasteiger partial charge >= 0.3 is 0 Å². The molecule has 24 heavy (non-hydrogen) atoms. The molecular formula is C17H12Cl2N4O. The number of rotatable bonds is 4. The van der Waals surface area contributed by atoms with Crippen LogP contribution in [0, 0.1) is 0 Å². The van der Waals surface area contributed by atoms with Crippen LogP contribution in [0.2, 0.25) is 10.0 Å². The lowest BCUT2D eigenvalue weighted by Crippen LogP contribution is -2.18. The van der Waals surface area contributed by atoms with Gasteiger partial charge in [0.2, 0.25) is 0 Å². The summed E-state index contributed by atoms with van der Waals surface area (Å²) in [4.78, 5) is 12.1. The third-order valence-electron chi connectivity index (χ3n) is 3.25. The van der Waals surface area contributed by atoms with E-state index >= 15 is 0 Å². The summed E-state index contributed by atoms with van der Waals surface area (Å²) in [5.41, 5.74) is 4.74. The van der Waals surface area contributed by atoms with Crippen molar-refractivity contribution >= 4 is 35.3 Å². The van der Waals surface area contributed by atoms with Gasteiger partial charge in [-0.3, -0.25) is 9.89 Å². The summed E-state index contributed by atoms with van der Waals surface area (Å²) < 4.78 is 0. The number of nitrogens with one attached hydrogen (secondary N) is 2. The smallest absolute Gasteiger partial charge is 0.272 e. The molecule has 0 saturated carbocycles. The van der Waals surface area contributed by atoms with Gasteiger partial charge in [0.1, 0.15) is 5.69 Å². The number of H-pyrrole nitrogens is 1. The minimum absolute atomic E-state index is 0.279. The Morgan fingerprint density at radius 2 is 1.79 bits per heavy atom. The Morgan fingerprint density at radius 1 is 1.08 bits per heavy atom. The number of halogens is 2. The molecule has 0 radical (unpaired) electrons. The molecule has 1 heterocycles. The third kappa shape index (κ3) is 3.64. The summed E-state index contributed by atoms with van der Waals surface area (Å²) in [6, 6.07) is 16.1. The number of carbonyl (C=O) groups excluding carboxylic acids is 1. The van der Waals surface area contributed by atoms with Gasteiger partial charge < -0.3 is 0 Å². The summed E-state index contributed by atoms with van der Waals surface area (Å²) in [6.07, 6.45) is 1.48. The zero-order chi connectivity index (χ0) is 16.9. The van der Waals surface area contributed by atoms with Crippen LogP contribution in [0.1, 0.15) is 16.1 Å². The van der Waals surface area contributed by atoms with E-state index in [0.29, 0.717) is 21.3 Å². The van der Waals surface area contributed by atoms with E-state index in [-0.39, 0.29) is 5.69 Å². The average Bonchev–Trinajstić information content (AvgIpc) is 3.07. The highest BCUT2D eigenvalue weighted by Crippen LogP contribution is 2.26. The van der Waals surface area contributed by atoms with E-state index in [1.807, 2.05) is 30.3 Å². The second-order valence-electron chi connectivity index (χ2n) is 4.87. The molecule has 0 atom stereocenters. The molecular weight excluding hydrogens is 347 g/mol. The summed E-state index contributed by atoms with van der Waals surface area (Å²) in [6.45, 7) is 0. The molecule has 5 nitrogen and oxygen atoms in total. The molecule has 2 aromatic carbocycles. The number of hydrazone groups is 1. The number of aromatic amines is 1. The molecule has 0 aliphatic heterocycles. The molecule has 0 saturated heterocycles. The van der Waals surface area contributed by atoms with Gasteiger partial charge in [-0.2, -0.15) is 10.2 Å². The highest BCUT2D eigenvalue weighted by Gasteiger charge is 2.12. The van der Waals surface area contributed by atoms with E-state index < -0.39 is 5.91 Å². The first-order chi connectivity index (χ1) is 11.6. The van der Waals surface area contributed by atoms with Gasteiger partial charge in [0.05, 0.1) is 16.9 Å². The Kier molecular flexibility index (Phi) is 4.93. The lowest BCUT2D eigenvalue weighted by molar-refractivity contribution is 0.0950. The van der Waals surface area contributed by atoms with Gasteiger partial charge in [-0.15, -0.1) is 0 Å². The Bertz CT molecular complexity index is 905. The van der Waals surface area contributed by atoms with Crippen LogP contribution in [0.3, 0.4) is 0 Å². The zero-order valence-electron chi connectivity index (χ0n) is 12.3. The van der Waals surface area contributed by atoms with Crippen LogP contribution >= 0.6 is 23.2 Å². The topological polar surface area (TPSA) is 70.1 Å². The minimum Gasteiger partial charge on any atom is -0.272 e. The molecule has 2 N–H and O–H groups in total. The van der Waals surface area contributed by atoms with Gasteiger partial charge in [0, 0.05) is 16.1 Å². The van der Waals surface area contributed by atoms with Crippen molar-refractivity contribution in [3.05, 3.63) is 75.9 Å². The molecule has 0 aliphatic rings. The summed E-state index contributed by atoms with van der Waals surface area (Å²) >= 11 is 12.1. The number of benzene rings is 2. The molecule has 1 amide bonds. The van der Waals surface area contributed by atoms with Crippen LogP contribution in [0.5, 0.6) is 0 Å². The predicted molar refractivity (Wildman–Crippen MR) is 95.5 cm³/mol. The molecule has 0 fully saturated rings. The van der Waals surface area contributed by atoms with Crippen molar-refractivity contribution in [2.75, 3.05) is 0 Å². The number of hydrogen-bond acceptors (Lipinski definition) is 3. The molecule has 0 unspecified atom stereocenters. The highest BCUT2D eigenvalue weighted by molar-refractivity contribution is 6.33. The van der Waals surface area contributed by atoms with Gasteiger partial charge in [0.15, 0.2) is 0 Å². The van der Waals surface area contributed by atoms with Crippen molar-refractivity contribution < 1.29 is 4.79 Å². The van der Waals surface area contributed by atoms with E-state index in [0.717, 1.165) is 5.56 Å². The third-order valence-corrected chi connectivity index (χ3v) is 3.92. The number of hydrogen-bond donors (Lipinski definition) is 2. The molecule has 120 valence electrons. The van der Waals surface area contributed by atoms with Crippen molar-refractivity contribution in [2.24, 2.45) is 5.10 Å². The zero-order valence-corrected chi connectivity index (χ0v) is 13.8. The van der Waals surface area contributed by atoms with Crippen LogP contribution in [0.15, 0.2) is 59.7 Å². The molecule has 0 aliphatic carbocycles.